The van der Waals surface area contributed by atoms with Gasteiger partial charge in [0.15, 0.2) is 0 Å². The Balaban J connectivity index is 2.24. The minimum atomic E-state index is 0.000420. The van der Waals surface area contributed by atoms with Crippen LogP contribution in [0.25, 0.3) is 10.9 Å². The van der Waals surface area contributed by atoms with Gasteiger partial charge in [-0.3, -0.25) is 9.36 Å². The van der Waals surface area contributed by atoms with E-state index in [0.717, 1.165) is 34.3 Å². The quantitative estimate of drug-likeness (QED) is 0.712. The Morgan fingerprint density at radius 2 is 1.78 bits per heavy atom. The van der Waals surface area contributed by atoms with Gasteiger partial charge in [-0.25, -0.2) is 0 Å². The van der Waals surface area contributed by atoms with Crippen LogP contribution in [0.15, 0.2) is 42.5 Å². The van der Waals surface area contributed by atoms with E-state index in [2.05, 4.69) is 6.92 Å². The number of nitrogens with zero attached hydrogens (tertiary/aromatic N) is 1. The van der Waals surface area contributed by atoms with E-state index in [1.54, 1.807) is 11.7 Å². The van der Waals surface area contributed by atoms with Crippen molar-refractivity contribution in [1.29, 1.82) is 0 Å². The van der Waals surface area contributed by atoms with Crippen LogP contribution in [0.1, 0.15) is 34.1 Å². The van der Waals surface area contributed by atoms with Gasteiger partial charge in [0.05, 0.1) is 12.6 Å². The number of methoxy groups -OCH3 is 1. The lowest BCUT2D eigenvalue weighted by molar-refractivity contribution is 0.0963. The third-order valence-electron chi connectivity index (χ3n) is 4.40. The van der Waals surface area contributed by atoms with Gasteiger partial charge in [-0.2, -0.15) is 0 Å². The van der Waals surface area contributed by atoms with Crippen LogP contribution in [0, 0.1) is 13.8 Å². The standard InChI is InChI=1S/C20H21NO2/c1-5-17-14(3)21(19-12-16(23-4)10-11-18(17)19)20(22)15-8-6-13(2)7-9-15/h6-12H,5H2,1-4H3. The molecule has 3 rings (SSSR count). The maximum Gasteiger partial charge on any atom is 0.262 e. The van der Waals surface area contributed by atoms with E-state index in [0.29, 0.717) is 5.56 Å². The van der Waals surface area contributed by atoms with E-state index in [1.165, 1.54) is 5.56 Å². The molecule has 0 radical (unpaired) electrons. The summed E-state index contributed by atoms with van der Waals surface area (Å²) in [5, 5.41) is 1.12. The van der Waals surface area contributed by atoms with Crippen LogP contribution in [-0.4, -0.2) is 17.6 Å². The summed E-state index contributed by atoms with van der Waals surface area (Å²) in [6.45, 7) is 6.15. The number of hydrogen-bond acceptors (Lipinski definition) is 2. The van der Waals surface area contributed by atoms with Gasteiger partial charge < -0.3 is 4.74 Å². The summed E-state index contributed by atoms with van der Waals surface area (Å²) in [6, 6.07) is 13.6. The van der Waals surface area contributed by atoms with Gasteiger partial charge in [0.1, 0.15) is 5.75 Å². The SMILES string of the molecule is CCc1c(C)n(C(=O)c2ccc(C)cc2)c2cc(OC)ccc12. The average molecular weight is 307 g/mol. The van der Waals surface area contributed by atoms with Crippen LogP contribution in [0.3, 0.4) is 0 Å². The molecule has 0 aliphatic rings. The van der Waals surface area contributed by atoms with E-state index >= 15 is 0 Å². The summed E-state index contributed by atoms with van der Waals surface area (Å²) in [5.74, 6) is 0.760. The van der Waals surface area contributed by atoms with Crippen LogP contribution in [0.5, 0.6) is 5.75 Å². The molecule has 1 aromatic heterocycles. The molecule has 0 amide bonds. The molecule has 0 saturated carbocycles. The van der Waals surface area contributed by atoms with E-state index in [4.69, 9.17) is 4.74 Å². The lowest BCUT2D eigenvalue weighted by Crippen LogP contribution is -2.13. The zero-order chi connectivity index (χ0) is 16.6. The van der Waals surface area contributed by atoms with Gasteiger partial charge in [-0.15, -0.1) is 0 Å². The van der Waals surface area contributed by atoms with Crippen LogP contribution in [-0.2, 0) is 6.42 Å². The van der Waals surface area contributed by atoms with Crippen molar-refractivity contribution in [2.45, 2.75) is 27.2 Å². The van der Waals surface area contributed by atoms with Crippen LogP contribution >= 0.6 is 0 Å². The zero-order valence-corrected chi connectivity index (χ0v) is 14.0. The van der Waals surface area contributed by atoms with Crippen LogP contribution in [0.4, 0.5) is 0 Å². The molecule has 23 heavy (non-hydrogen) atoms. The number of aromatic nitrogens is 1. The summed E-state index contributed by atoms with van der Waals surface area (Å²) >= 11 is 0. The Bertz CT molecular complexity index is 873. The number of carbonyl (C=O) groups excluding carboxylic acids is 1. The number of hydrogen-bond donors (Lipinski definition) is 0. The van der Waals surface area contributed by atoms with E-state index in [9.17, 15) is 4.79 Å². The summed E-state index contributed by atoms with van der Waals surface area (Å²) in [7, 11) is 1.64. The van der Waals surface area contributed by atoms with Gasteiger partial charge in [0.2, 0.25) is 0 Å². The Labute approximate surface area is 136 Å². The van der Waals surface area contributed by atoms with Crippen molar-refractivity contribution in [2.75, 3.05) is 7.11 Å². The largest absolute Gasteiger partial charge is 0.497 e. The Kier molecular flexibility index (Phi) is 3.95. The summed E-state index contributed by atoms with van der Waals surface area (Å²) in [4.78, 5) is 13.0. The molecule has 3 aromatic rings. The minimum absolute atomic E-state index is 0.000420. The van der Waals surface area contributed by atoms with Crippen molar-refractivity contribution in [2.24, 2.45) is 0 Å². The topological polar surface area (TPSA) is 31.2 Å². The number of ether oxygens (including phenoxy) is 1. The number of aryl methyl sites for hydroxylation is 2. The van der Waals surface area contributed by atoms with E-state index in [1.807, 2.05) is 56.3 Å². The summed E-state index contributed by atoms with van der Waals surface area (Å²) < 4.78 is 7.14. The van der Waals surface area contributed by atoms with Crippen molar-refractivity contribution in [1.82, 2.24) is 4.57 Å². The van der Waals surface area contributed by atoms with Crippen LogP contribution in [0.2, 0.25) is 0 Å². The fraction of sp³-hybridized carbons (Fsp3) is 0.250. The second kappa shape index (κ2) is 5.92. The fourth-order valence-corrected chi connectivity index (χ4v) is 3.12. The molecule has 0 aliphatic carbocycles. The molecule has 3 heteroatoms. The van der Waals surface area contributed by atoms with Crippen molar-refractivity contribution >= 4 is 16.8 Å². The van der Waals surface area contributed by atoms with Gasteiger partial charge >= 0.3 is 0 Å². The zero-order valence-electron chi connectivity index (χ0n) is 14.0. The minimum Gasteiger partial charge on any atom is -0.497 e. The first-order chi connectivity index (χ1) is 11.1. The van der Waals surface area contributed by atoms with Gasteiger partial charge in [0.25, 0.3) is 5.91 Å². The molecule has 0 aliphatic heterocycles. The number of carbonyl (C=O) groups is 1. The second-order valence-corrected chi connectivity index (χ2v) is 5.81. The predicted molar refractivity (Wildman–Crippen MR) is 93.5 cm³/mol. The highest BCUT2D eigenvalue weighted by atomic mass is 16.5. The molecule has 0 bridgehead atoms. The smallest absolute Gasteiger partial charge is 0.262 e. The molecule has 0 saturated heterocycles. The van der Waals surface area contributed by atoms with Gasteiger partial charge in [-0.1, -0.05) is 24.6 Å². The predicted octanol–water partition coefficient (Wildman–Crippen LogP) is 4.52. The highest BCUT2D eigenvalue weighted by Gasteiger charge is 2.19. The number of rotatable bonds is 3. The second-order valence-electron chi connectivity index (χ2n) is 5.81. The summed E-state index contributed by atoms with van der Waals surface area (Å²) in [6.07, 6.45) is 0.892. The molecule has 0 fully saturated rings. The van der Waals surface area contributed by atoms with Crippen molar-refractivity contribution in [3.8, 4) is 5.75 Å². The summed E-state index contributed by atoms with van der Waals surface area (Å²) in [5.41, 5.74) is 4.96. The van der Waals surface area contributed by atoms with Crippen LogP contribution < -0.4 is 4.74 Å². The molecule has 0 unspecified atom stereocenters. The lowest BCUT2D eigenvalue weighted by atomic mass is 10.1. The van der Waals surface area contributed by atoms with Crippen molar-refractivity contribution < 1.29 is 9.53 Å². The number of fused-ring (bicyclic) bond motifs is 1. The molecular formula is C20H21NO2. The molecular weight excluding hydrogens is 286 g/mol. The average Bonchev–Trinajstić information content (AvgIpc) is 2.85. The maximum absolute atomic E-state index is 13.0. The van der Waals surface area contributed by atoms with Crippen molar-refractivity contribution in [3.63, 3.8) is 0 Å². The monoisotopic (exact) mass is 307 g/mol. The molecule has 2 aromatic carbocycles. The first kappa shape index (κ1) is 15.3. The first-order valence-corrected chi connectivity index (χ1v) is 7.86. The highest BCUT2D eigenvalue weighted by Crippen LogP contribution is 2.30. The lowest BCUT2D eigenvalue weighted by Gasteiger charge is -2.08. The first-order valence-electron chi connectivity index (χ1n) is 7.86. The molecule has 1 heterocycles. The normalized spacial score (nSPS) is 11.0. The highest BCUT2D eigenvalue weighted by molar-refractivity contribution is 6.04. The molecule has 118 valence electrons. The van der Waals surface area contributed by atoms with E-state index in [-0.39, 0.29) is 5.91 Å². The number of benzene rings is 2. The molecule has 0 spiro atoms. The Hall–Kier alpha value is -2.55. The molecule has 0 atom stereocenters. The van der Waals surface area contributed by atoms with Gasteiger partial charge in [-0.05, 0) is 50.1 Å². The van der Waals surface area contributed by atoms with Gasteiger partial charge in [0, 0.05) is 22.7 Å². The third-order valence-corrected chi connectivity index (χ3v) is 4.40. The maximum atomic E-state index is 13.0. The fourth-order valence-electron chi connectivity index (χ4n) is 3.12. The molecule has 0 N–H and O–H groups in total. The van der Waals surface area contributed by atoms with E-state index < -0.39 is 0 Å². The Morgan fingerprint density at radius 3 is 2.39 bits per heavy atom. The third kappa shape index (κ3) is 2.52. The Morgan fingerprint density at radius 1 is 1.09 bits per heavy atom. The van der Waals surface area contributed by atoms with Crippen molar-refractivity contribution in [3.05, 3.63) is 64.8 Å². The molecule has 3 nitrogen and oxygen atoms in total.